The Morgan fingerprint density at radius 1 is 0.597 bits per heavy atom. The summed E-state index contributed by atoms with van der Waals surface area (Å²) in [5.74, 6) is -12.3. The van der Waals surface area contributed by atoms with Crippen LogP contribution in [-0.4, -0.2) is 285 Å². The number of guanidine groups is 1. The van der Waals surface area contributed by atoms with E-state index >= 15 is 19.2 Å². The van der Waals surface area contributed by atoms with Crippen LogP contribution in [0.25, 0.3) is 10.9 Å². The number of aromatic amines is 2. The average molecular weight is 1940 g/mol. The van der Waals surface area contributed by atoms with Gasteiger partial charge in [0.05, 0.1) is 45.1 Å². The van der Waals surface area contributed by atoms with Crippen LogP contribution in [0.5, 0.6) is 0 Å². The number of hydrogen-bond donors (Lipinski definition) is 21. The zero-order chi connectivity index (χ0) is 101. The molecular formula is C95H146N24O20. The Kier molecular flexibility index (Phi) is 52.1. The molecule has 766 valence electrons. The third kappa shape index (κ3) is 43.2. The second kappa shape index (κ2) is 63.8. The molecule has 0 spiro atoms. The number of aryl methyl sites for hydroxylation is 1. The quantitative estimate of drug-likeness (QED) is 0.0161. The predicted molar refractivity (Wildman–Crippen MR) is 514 cm³/mol. The van der Waals surface area contributed by atoms with Crippen LogP contribution < -0.4 is 86.3 Å². The van der Waals surface area contributed by atoms with E-state index in [4.69, 9.17) is 32.1 Å². The number of para-hydroxylation sites is 1. The molecule has 0 bridgehead atoms. The number of aliphatic hydroxyl groups is 2. The number of nitrogens with one attached hydrogen (secondary N) is 16. The van der Waals surface area contributed by atoms with Gasteiger partial charge in [0.2, 0.25) is 82.7 Å². The predicted octanol–water partition coefficient (Wildman–Crippen LogP) is 0.347. The molecule has 3 aliphatic heterocycles. The Balaban J connectivity index is 0.966. The molecular weight excluding hydrogens is 1800 g/mol. The van der Waals surface area contributed by atoms with E-state index in [-0.39, 0.29) is 147 Å². The number of allylic oxidation sites excluding steroid dienone is 1. The van der Waals surface area contributed by atoms with Crippen molar-refractivity contribution in [2.75, 3.05) is 65.8 Å². The highest BCUT2D eigenvalue weighted by atomic mass is 16.5. The van der Waals surface area contributed by atoms with Gasteiger partial charge in [-0.2, -0.15) is 0 Å². The van der Waals surface area contributed by atoms with E-state index in [1.54, 1.807) is 49.5 Å². The van der Waals surface area contributed by atoms with Gasteiger partial charge >= 0.3 is 0 Å². The van der Waals surface area contributed by atoms with Crippen molar-refractivity contribution in [1.82, 2.24) is 99.6 Å². The fourth-order valence-electron chi connectivity index (χ4n) is 16.5. The van der Waals surface area contributed by atoms with Gasteiger partial charge in [0.1, 0.15) is 78.6 Å². The van der Waals surface area contributed by atoms with Crippen molar-refractivity contribution in [3.05, 3.63) is 89.5 Å². The van der Waals surface area contributed by atoms with Crippen molar-refractivity contribution in [1.29, 1.82) is 5.41 Å². The zero-order valence-electron chi connectivity index (χ0n) is 80.1. The van der Waals surface area contributed by atoms with Gasteiger partial charge in [0, 0.05) is 113 Å². The molecule has 3 aliphatic rings. The van der Waals surface area contributed by atoms with E-state index in [0.717, 1.165) is 60.2 Å². The van der Waals surface area contributed by atoms with E-state index in [0.29, 0.717) is 55.3 Å². The summed E-state index contributed by atoms with van der Waals surface area (Å²) in [7, 11) is 0. The Morgan fingerprint density at radius 2 is 1.22 bits per heavy atom. The number of fused-ring (bicyclic) bond motifs is 2. The molecule has 4 aromatic rings. The lowest BCUT2D eigenvalue weighted by atomic mass is 9.99. The smallest absolute Gasteiger partial charge is 0.246 e. The molecule has 0 radical (unpaired) electrons. The molecule has 0 unspecified atom stereocenters. The molecule has 0 aliphatic carbocycles. The van der Waals surface area contributed by atoms with Crippen molar-refractivity contribution < 1.29 is 96.4 Å². The number of carbonyl (C=O) groups excluding carboxylic acids is 16. The fraction of sp³-hybridized carbons (Fsp3) is 0.632. The highest BCUT2D eigenvalue weighted by Crippen LogP contribution is 2.25. The first-order valence-corrected chi connectivity index (χ1v) is 49.0. The van der Waals surface area contributed by atoms with Crippen LogP contribution >= 0.6 is 0 Å². The first-order valence-electron chi connectivity index (χ1n) is 49.0. The number of nitrogens with zero attached hydrogens (tertiary/aromatic N) is 5. The molecule has 2 saturated heterocycles. The number of Topliss-reactive ketones (excluding diaryl/α,β-unsaturated/α-hetero) is 2. The maximum absolute atomic E-state index is 15.5. The number of tetrazole rings is 1. The van der Waals surface area contributed by atoms with Crippen LogP contribution in [-0.2, 0) is 105 Å². The summed E-state index contributed by atoms with van der Waals surface area (Å²) in [5, 5.41) is 78.6. The topological polar surface area (TPSA) is 676 Å². The number of ketones is 2. The second-order valence-corrected chi connectivity index (χ2v) is 35.5. The summed E-state index contributed by atoms with van der Waals surface area (Å²) < 4.78 is 10.9. The first-order chi connectivity index (χ1) is 67.0. The number of aliphatic imine (C=N–C) groups is 1. The summed E-state index contributed by atoms with van der Waals surface area (Å²) in [5.41, 5.74) is 19.4. The van der Waals surface area contributed by atoms with Gasteiger partial charge < -0.3 is 116 Å². The van der Waals surface area contributed by atoms with Crippen LogP contribution in [0.2, 0.25) is 0 Å². The lowest BCUT2D eigenvalue weighted by molar-refractivity contribution is -0.143. The number of amides is 14. The Hall–Kier alpha value is -12.6. The minimum absolute atomic E-state index is 0.00483. The lowest BCUT2D eigenvalue weighted by Gasteiger charge is -2.31. The number of H-pyrrole nitrogens is 2. The molecule has 12 atom stereocenters. The molecule has 44 heteroatoms. The van der Waals surface area contributed by atoms with E-state index < -0.39 is 194 Å². The van der Waals surface area contributed by atoms with Crippen LogP contribution in [0.1, 0.15) is 243 Å². The number of ether oxygens (including phenoxy) is 2. The average Bonchev–Trinajstić information content (AvgIpc) is 1.67. The number of primary amides is 1. The van der Waals surface area contributed by atoms with Crippen molar-refractivity contribution in [2.24, 2.45) is 22.2 Å². The van der Waals surface area contributed by atoms with Gasteiger partial charge in [-0.1, -0.05) is 158 Å². The highest BCUT2D eigenvalue weighted by Gasteiger charge is 2.44. The SMILES string of the molecule is CCCC[C@H](NC(=O)[C@H](CCCN)NC(=O)[C@H](CC1=CCC=N1)NC(=O)[C@H](CCC(N)=O)NC(=O)[C@H](CO)NC(=O)CNC(=O)COCCOCCNC(=O)CCCCCCCCCCCCCCCc1nnn[nH]1)C(=O)N[C@H]1CCC(=O)CCCCC[C@@H](C(C)=O)NC(=O)[C@H](Cc2c[nH]c3ccccc23)NC(=O)[C@H](CCCNC(=N)N)NC(=O)[C@@H](Cc2ccccc2)NC(=O)[C@@H]2C[C@@H](O)CN2C1=O. The summed E-state index contributed by atoms with van der Waals surface area (Å²) in [6.07, 6.45) is 19.2. The van der Waals surface area contributed by atoms with E-state index in [1.165, 1.54) is 64.5 Å². The number of hydrogen-bond acceptors (Lipinski definition) is 26. The van der Waals surface area contributed by atoms with Gasteiger partial charge in [-0.05, 0) is 112 Å². The normalized spacial score (nSPS) is 19.1. The van der Waals surface area contributed by atoms with Crippen molar-refractivity contribution >= 4 is 117 Å². The van der Waals surface area contributed by atoms with Crippen LogP contribution in [0, 0.1) is 5.41 Å². The van der Waals surface area contributed by atoms with E-state index in [1.807, 2.05) is 24.3 Å². The van der Waals surface area contributed by atoms with Gasteiger partial charge in [-0.3, -0.25) is 87.1 Å². The molecule has 2 aromatic carbocycles. The monoisotopic (exact) mass is 1940 g/mol. The summed E-state index contributed by atoms with van der Waals surface area (Å²) in [4.78, 5) is 235. The van der Waals surface area contributed by atoms with Gasteiger partial charge in [-0.25, -0.2) is 5.10 Å². The van der Waals surface area contributed by atoms with Crippen molar-refractivity contribution in [3.8, 4) is 0 Å². The van der Waals surface area contributed by atoms with Gasteiger partial charge in [0.15, 0.2) is 11.7 Å². The molecule has 5 heterocycles. The van der Waals surface area contributed by atoms with Crippen molar-refractivity contribution in [3.63, 3.8) is 0 Å². The maximum Gasteiger partial charge on any atom is 0.246 e. The number of unbranched alkanes of at least 4 members (excludes halogenated alkanes) is 13. The van der Waals surface area contributed by atoms with E-state index in [9.17, 15) is 67.7 Å². The Labute approximate surface area is 810 Å². The number of benzene rings is 2. The summed E-state index contributed by atoms with van der Waals surface area (Å²) in [6, 6.07) is -0.725. The molecule has 2 fully saturated rings. The summed E-state index contributed by atoms with van der Waals surface area (Å²) >= 11 is 0. The molecule has 14 amide bonds. The molecule has 2 aromatic heterocycles. The molecule has 0 saturated carbocycles. The number of nitrogens with two attached hydrogens (primary N) is 3. The molecule has 24 N–H and O–H groups in total. The van der Waals surface area contributed by atoms with E-state index in [2.05, 4.69) is 99.7 Å². The Bertz CT molecular complexity index is 4670. The van der Waals surface area contributed by atoms with Gasteiger partial charge in [0.25, 0.3) is 0 Å². The minimum atomic E-state index is -1.75. The zero-order valence-corrected chi connectivity index (χ0v) is 80.1. The van der Waals surface area contributed by atoms with Crippen LogP contribution in [0.15, 0.2) is 77.6 Å². The second-order valence-electron chi connectivity index (χ2n) is 35.5. The third-order valence-electron chi connectivity index (χ3n) is 24.3. The number of aromatic nitrogens is 5. The largest absolute Gasteiger partial charge is 0.394 e. The lowest BCUT2D eigenvalue weighted by Crippen LogP contribution is -2.61. The Morgan fingerprint density at radius 3 is 1.88 bits per heavy atom. The molecule has 44 nitrogen and oxygen atoms in total. The molecule has 139 heavy (non-hydrogen) atoms. The highest BCUT2D eigenvalue weighted by molar-refractivity contribution is 6.01. The van der Waals surface area contributed by atoms with Crippen LogP contribution in [0.3, 0.4) is 0 Å². The summed E-state index contributed by atoms with van der Waals surface area (Å²) in [6.45, 7) is 1.08. The first kappa shape index (κ1) is 113. The fourth-order valence-corrected chi connectivity index (χ4v) is 16.5. The third-order valence-corrected chi connectivity index (χ3v) is 24.3. The maximum atomic E-state index is 15.5. The number of aliphatic hydroxyl groups excluding tert-OH is 2. The van der Waals surface area contributed by atoms with Crippen molar-refractivity contribution in [2.45, 2.75) is 318 Å². The minimum Gasteiger partial charge on any atom is -0.394 e. The standard InChI is InChI=1S/C95H146N24O20/c1-3-4-34-70(86(129)111-74-42-41-65(122)32-20-17-21-35-68(61(2)121)106-90(133)76(53-63-56-103-69-36-25-24-33-67(63)69)112-87(130)72(38-28-47-102-95(98)99)109-89(132)75(52-62-29-18-16-19-30-62)114-93(136)79-55-66(123)58-119(79)94(74)137)107-85(128)71(37-26-45-96)108-91(134)77(54-64-31-27-46-100-64)113-88(131)73(43-44-80(97)124)110-92(135)78(59-120)105-83(126)57-104-84(127)60-139-51-50-138-49-48-101-82(125)40-23-15-13-11-9-7-5-6-8-10-12-14-22-39-81-115-117-118-116-81/h16,18-19,24-25,29-31,33,36,46,56,66,68,70-79,103,120,123H,3-15,17,20-23,26-28,32,34-35,37-45,47-55,57-60,96H2,1-2H3,(H2,97,124)(H,101,125)(H,104,127)(H,105,126)(H,106,133)(H,107,128)(H,108,134)(H,109,132)(H,110,135)(H,111,129)(H,112,130)(H,113,131)(H,114,136)(H4,98,99,102)(H,115,116,117,118)/t66-,68+,70+,71+,72+,73+,74+,75-,76+,77+,78+,79+/m1/s1. The number of carbonyl (C=O) groups is 16. The molecule has 7 rings (SSSR count). The number of rotatable bonds is 58. The van der Waals surface area contributed by atoms with Gasteiger partial charge in [-0.15, -0.1) is 5.10 Å². The van der Waals surface area contributed by atoms with Crippen LogP contribution in [0.4, 0.5) is 0 Å².